The van der Waals surface area contributed by atoms with Crippen LogP contribution in [0.2, 0.25) is 0 Å². The third kappa shape index (κ3) is 5.22. The number of guanidine groups is 1. The number of aliphatic imine (C=N–C) groups is 1. The molecular weight excluding hydrogens is 290 g/mol. The van der Waals surface area contributed by atoms with E-state index in [1.807, 2.05) is 6.92 Å². The van der Waals surface area contributed by atoms with Gasteiger partial charge in [-0.05, 0) is 31.9 Å². The molecule has 128 valence electrons. The number of morpholine rings is 1. The third-order valence-corrected chi connectivity index (χ3v) is 3.94. The fourth-order valence-electron chi connectivity index (χ4n) is 2.76. The summed E-state index contributed by atoms with van der Waals surface area (Å²) in [6.07, 6.45) is 0.0979. The van der Waals surface area contributed by atoms with Gasteiger partial charge in [-0.15, -0.1) is 0 Å². The maximum atomic E-state index is 6.00. The maximum Gasteiger partial charge on any atom is 0.194 e. The average molecular weight is 319 g/mol. The van der Waals surface area contributed by atoms with Crippen LogP contribution in [0.4, 0.5) is 0 Å². The monoisotopic (exact) mass is 319 g/mol. The summed E-state index contributed by atoms with van der Waals surface area (Å²) in [4.78, 5) is 6.96. The molecule has 1 heterocycles. The van der Waals surface area contributed by atoms with Crippen LogP contribution >= 0.6 is 0 Å². The van der Waals surface area contributed by atoms with Crippen molar-refractivity contribution in [3.05, 3.63) is 35.4 Å². The Bertz CT molecular complexity index is 505. The summed E-state index contributed by atoms with van der Waals surface area (Å²) in [5.41, 5.74) is 2.54. The minimum atomic E-state index is 0.0979. The van der Waals surface area contributed by atoms with Gasteiger partial charge in [-0.2, -0.15) is 0 Å². The lowest BCUT2D eigenvalue weighted by molar-refractivity contribution is -0.00837. The van der Waals surface area contributed by atoms with Crippen LogP contribution in [0.3, 0.4) is 0 Å². The molecule has 0 saturated carbocycles. The number of rotatable bonds is 6. The molecule has 2 rings (SSSR count). The summed E-state index contributed by atoms with van der Waals surface area (Å²) >= 11 is 0. The first-order valence-corrected chi connectivity index (χ1v) is 8.54. The molecule has 1 N–H and O–H groups in total. The van der Waals surface area contributed by atoms with Gasteiger partial charge in [-0.1, -0.05) is 24.3 Å². The molecule has 0 aromatic heterocycles. The van der Waals surface area contributed by atoms with Gasteiger partial charge in [0.25, 0.3) is 0 Å². The highest BCUT2D eigenvalue weighted by Crippen LogP contribution is 2.24. The lowest BCUT2D eigenvalue weighted by atomic mass is 10.0. The predicted molar refractivity (Wildman–Crippen MR) is 93.9 cm³/mol. The molecule has 0 aliphatic carbocycles. The van der Waals surface area contributed by atoms with Crippen molar-refractivity contribution in [2.45, 2.75) is 26.9 Å². The van der Waals surface area contributed by atoms with Crippen LogP contribution < -0.4 is 5.32 Å². The fourth-order valence-corrected chi connectivity index (χ4v) is 2.76. The minimum Gasteiger partial charge on any atom is -0.380 e. The Labute approximate surface area is 139 Å². The number of nitrogens with one attached hydrogen (secondary N) is 1. The highest BCUT2D eigenvalue weighted by Gasteiger charge is 2.24. The first-order chi connectivity index (χ1) is 11.3. The van der Waals surface area contributed by atoms with E-state index in [-0.39, 0.29) is 6.10 Å². The summed E-state index contributed by atoms with van der Waals surface area (Å²) in [5, 5.41) is 3.38. The summed E-state index contributed by atoms with van der Waals surface area (Å²) in [7, 11) is 0. The van der Waals surface area contributed by atoms with E-state index in [9.17, 15) is 0 Å². The summed E-state index contributed by atoms with van der Waals surface area (Å²) in [5.74, 6) is 0.953. The molecule has 1 aliphatic rings. The van der Waals surface area contributed by atoms with E-state index in [1.54, 1.807) is 0 Å². The lowest BCUT2D eigenvalue weighted by Gasteiger charge is -2.35. The second-order valence-electron chi connectivity index (χ2n) is 5.59. The highest BCUT2D eigenvalue weighted by atomic mass is 16.5. The van der Waals surface area contributed by atoms with Crippen LogP contribution in [0.1, 0.15) is 31.1 Å². The third-order valence-electron chi connectivity index (χ3n) is 3.94. The van der Waals surface area contributed by atoms with Crippen molar-refractivity contribution in [3.63, 3.8) is 0 Å². The molecule has 1 aliphatic heterocycles. The topological polar surface area (TPSA) is 46.1 Å². The number of hydrogen-bond acceptors (Lipinski definition) is 3. The van der Waals surface area contributed by atoms with Gasteiger partial charge < -0.3 is 19.7 Å². The van der Waals surface area contributed by atoms with Crippen molar-refractivity contribution < 1.29 is 9.47 Å². The van der Waals surface area contributed by atoms with Crippen LogP contribution in [0.25, 0.3) is 0 Å². The van der Waals surface area contributed by atoms with Gasteiger partial charge >= 0.3 is 0 Å². The molecule has 1 saturated heterocycles. The molecule has 1 aromatic carbocycles. The zero-order valence-electron chi connectivity index (χ0n) is 14.5. The Morgan fingerprint density at radius 1 is 1.39 bits per heavy atom. The number of benzene rings is 1. The van der Waals surface area contributed by atoms with Gasteiger partial charge in [0.2, 0.25) is 0 Å². The van der Waals surface area contributed by atoms with Crippen LogP contribution in [0.15, 0.2) is 29.3 Å². The van der Waals surface area contributed by atoms with E-state index in [0.717, 1.165) is 38.8 Å². The molecule has 5 nitrogen and oxygen atoms in total. The quantitative estimate of drug-likeness (QED) is 0.497. The van der Waals surface area contributed by atoms with Gasteiger partial charge in [0.1, 0.15) is 6.10 Å². The molecule has 0 spiro atoms. The van der Waals surface area contributed by atoms with Gasteiger partial charge in [-0.25, -0.2) is 0 Å². The molecule has 23 heavy (non-hydrogen) atoms. The summed E-state index contributed by atoms with van der Waals surface area (Å²) in [6, 6.07) is 8.44. The van der Waals surface area contributed by atoms with E-state index in [4.69, 9.17) is 9.47 Å². The van der Waals surface area contributed by atoms with Crippen molar-refractivity contribution in [3.8, 4) is 0 Å². The Kier molecular flexibility index (Phi) is 7.36. The summed E-state index contributed by atoms with van der Waals surface area (Å²) < 4.78 is 11.4. The van der Waals surface area contributed by atoms with E-state index in [1.165, 1.54) is 11.1 Å². The van der Waals surface area contributed by atoms with Crippen molar-refractivity contribution in [2.24, 2.45) is 4.99 Å². The van der Waals surface area contributed by atoms with Crippen molar-refractivity contribution >= 4 is 5.96 Å². The molecule has 1 atom stereocenters. The van der Waals surface area contributed by atoms with Gasteiger partial charge in [-0.3, -0.25) is 4.99 Å². The van der Waals surface area contributed by atoms with Gasteiger partial charge in [0.15, 0.2) is 5.96 Å². The first-order valence-electron chi connectivity index (χ1n) is 8.54. The SMILES string of the molecule is CCNC(=NCCOCC)N1CCOC(c2ccccc2C)C1. The standard InChI is InChI=1S/C18H29N3O2/c1-4-19-18(20-10-12-22-5-2)21-11-13-23-17(14-21)16-9-7-6-8-15(16)3/h6-9,17H,4-5,10-14H2,1-3H3,(H,19,20). The second-order valence-corrected chi connectivity index (χ2v) is 5.59. The van der Waals surface area contributed by atoms with E-state index in [2.05, 4.69) is 53.3 Å². The van der Waals surface area contributed by atoms with Crippen LogP contribution in [0, 0.1) is 6.92 Å². The number of aryl methyl sites for hydroxylation is 1. The van der Waals surface area contributed by atoms with Gasteiger partial charge in [0, 0.05) is 19.7 Å². The molecular formula is C18H29N3O2. The smallest absolute Gasteiger partial charge is 0.194 e. The molecule has 1 aromatic rings. The molecule has 5 heteroatoms. The minimum absolute atomic E-state index is 0.0979. The zero-order valence-corrected chi connectivity index (χ0v) is 14.5. The maximum absolute atomic E-state index is 6.00. The normalized spacial score (nSPS) is 19.0. The van der Waals surface area contributed by atoms with Crippen LogP contribution in [0.5, 0.6) is 0 Å². The van der Waals surface area contributed by atoms with E-state index >= 15 is 0 Å². The number of ether oxygens (including phenoxy) is 2. The molecule has 0 amide bonds. The summed E-state index contributed by atoms with van der Waals surface area (Å²) in [6.45, 7) is 11.6. The molecule has 0 bridgehead atoms. The Morgan fingerprint density at radius 2 is 2.22 bits per heavy atom. The Hall–Kier alpha value is -1.59. The highest BCUT2D eigenvalue weighted by molar-refractivity contribution is 5.80. The Morgan fingerprint density at radius 3 is 2.96 bits per heavy atom. The van der Waals surface area contributed by atoms with E-state index in [0.29, 0.717) is 13.2 Å². The average Bonchev–Trinajstić information content (AvgIpc) is 2.58. The van der Waals surface area contributed by atoms with Crippen LogP contribution in [-0.2, 0) is 9.47 Å². The van der Waals surface area contributed by atoms with Crippen molar-refractivity contribution in [2.75, 3.05) is 46.0 Å². The fraction of sp³-hybridized carbons (Fsp3) is 0.611. The zero-order chi connectivity index (χ0) is 16.5. The van der Waals surface area contributed by atoms with Crippen molar-refractivity contribution in [1.82, 2.24) is 10.2 Å². The predicted octanol–water partition coefficient (Wildman–Crippen LogP) is 2.37. The van der Waals surface area contributed by atoms with Crippen molar-refractivity contribution in [1.29, 1.82) is 0 Å². The number of nitrogens with zero attached hydrogens (tertiary/aromatic N) is 2. The van der Waals surface area contributed by atoms with Crippen LogP contribution in [-0.4, -0.2) is 56.9 Å². The Balaban J connectivity index is 2.03. The molecule has 1 unspecified atom stereocenters. The van der Waals surface area contributed by atoms with Gasteiger partial charge in [0.05, 0.1) is 26.3 Å². The molecule has 1 fully saturated rings. The second kappa shape index (κ2) is 9.53. The number of hydrogen-bond donors (Lipinski definition) is 1. The largest absolute Gasteiger partial charge is 0.380 e. The van der Waals surface area contributed by atoms with E-state index < -0.39 is 0 Å². The first kappa shape index (κ1) is 17.8. The lowest BCUT2D eigenvalue weighted by Crippen LogP contribution is -2.48. The molecule has 0 radical (unpaired) electrons.